The van der Waals surface area contributed by atoms with E-state index in [1.54, 1.807) is 54.6 Å². The molecule has 0 spiro atoms. The number of hydrogen-bond donors (Lipinski definition) is 1. The Hall–Kier alpha value is -2.87. The van der Waals surface area contributed by atoms with Gasteiger partial charge in [0.1, 0.15) is 6.54 Å². The van der Waals surface area contributed by atoms with Crippen molar-refractivity contribution in [3.63, 3.8) is 0 Å². The number of nitrogens with zero attached hydrogens (tertiary/aromatic N) is 2. The van der Waals surface area contributed by atoms with Gasteiger partial charge in [-0.3, -0.25) is 9.10 Å². The fraction of sp³-hybridized carbons (Fsp3) is 0.0476. The third-order valence-corrected chi connectivity index (χ3v) is 6.30. The van der Waals surface area contributed by atoms with Crippen molar-refractivity contribution in [3.05, 3.63) is 94.5 Å². The normalized spacial score (nSPS) is 11.4. The van der Waals surface area contributed by atoms with Crippen LogP contribution in [0.3, 0.4) is 0 Å². The predicted octanol–water partition coefficient (Wildman–Crippen LogP) is 4.34. The molecule has 1 amide bonds. The first kappa shape index (κ1) is 21.8. The summed E-state index contributed by atoms with van der Waals surface area (Å²) in [6.07, 6.45) is 1.44. The van der Waals surface area contributed by atoms with Gasteiger partial charge in [-0.25, -0.2) is 13.8 Å². The Kier molecular flexibility index (Phi) is 7.10. The highest BCUT2D eigenvalue weighted by atomic mass is 35.5. The number of para-hydroxylation sites is 1. The first-order chi connectivity index (χ1) is 14.4. The maximum atomic E-state index is 13.2. The molecule has 3 aromatic rings. The predicted molar refractivity (Wildman–Crippen MR) is 120 cm³/mol. The number of amides is 1. The van der Waals surface area contributed by atoms with Crippen LogP contribution in [0.1, 0.15) is 5.56 Å². The lowest BCUT2D eigenvalue weighted by Gasteiger charge is -2.23. The standard InChI is InChI=1S/C21H17Cl2N3O3S/c22-17-8-6-16(7-9-17)14-24-25-21(27)15-26(19-4-2-1-3-5-19)30(28,29)20-12-10-18(23)11-13-20/h1-14H,15H2,(H,25,27)/b24-14-. The van der Waals surface area contributed by atoms with E-state index in [1.807, 2.05) is 0 Å². The fourth-order valence-electron chi connectivity index (χ4n) is 2.54. The van der Waals surface area contributed by atoms with Crippen LogP contribution in [-0.4, -0.2) is 27.1 Å². The molecule has 1 N–H and O–H groups in total. The topological polar surface area (TPSA) is 78.8 Å². The summed E-state index contributed by atoms with van der Waals surface area (Å²) in [6, 6.07) is 21.0. The lowest BCUT2D eigenvalue weighted by atomic mass is 10.2. The smallest absolute Gasteiger partial charge is 0.264 e. The van der Waals surface area contributed by atoms with Crippen molar-refractivity contribution in [1.29, 1.82) is 0 Å². The van der Waals surface area contributed by atoms with Crippen molar-refractivity contribution in [2.75, 3.05) is 10.8 Å². The summed E-state index contributed by atoms with van der Waals surface area (Å²) < 4.78 is 27.3. The summed E-state index contributed by atoms with van der Waals surface area (Å²) in [7, 11) is -4.00. The summed E-state index contributed by atoms with van der Waals surface area (Å²) in [4.78, 5) is 12.5. The van der Waals surface area contributed by atoms with E-state index in [2.05, 4.69) is 10.5 Å². The Morgan fingerprint density at radius 3 is 2.07 bits per heavy atom. The number of benzene rings is 3. The molecule has 0 heterocycles. The van der Waals surface area contributed by atoms with Crippen molar-refractivity contribution < 1.29 is 13.2 Å². The molecular formula is C21H17Cl2N3O3S. The molecule has 0 saturated carbocycles. The van der Waals surface area contributed by atoms with Crippen LogP contribution in [0.4, 0.5) is 5.69 Å². The average molecular weight is 462 g/mol. The quantitative estimate of drug-likeness (QED) is 0.419. The molecule has 9 heteroatoms. The summed E-state index contributed by atoms with van der Waals surface area (Å²) >= 11 is 11.7. The van der Waals surface area contributed by atoms with Crippen LogP contribution in [0.25, 0.3) is 0 Å². The van der Waals surface area contributed by atoms with Crippen molar-refractivity contribution in [1.82, 2.24) is 5.43 Å². The molecular weight excluding hydrogens is 445 g/mol. The molecule has 30 heavy (non-hydrogen) atoms. The highest BCUT2D eigenvalue weighted by Gasteiger charge is 2.27. The van der Waals surface area contributed by atoms with E-state index in [0.717, 1.165) is 9.87 Å². The SMILES string of the molecule is O=C(CN(c1ccccc1)S(=O)(=O)c1ccc(Cl)cc1)N/N=C\c1ccc(Cl)cc1. The minimum Gasteiger partial charge on any atom is -0.271 e. The summed E-state index contributed by atoms with van der Waals surface area (Å²) in [5.74, 6) is -0.596. The van der Waals surface area contributed by atoms with Crippen molar-refractivity contribution in [2.45, 2.75) is 4.90 Å². The molecule has 3 rings (SSSR count). The zero-order valence-corrected chi connectivity index (χ0v) is 17.9. The number of carbonyl (C=O) groups is 1. The Morgan fingerprint density at radius 2 is 1.47 bits per heavy atom. The number of carbonyl (C=O) groups excluding carboxylic acids is 1. The largest absolute Gasteiger partial charge is 0.271 e. The van der Waals surface area contributed by atoms with Gasteiger partial charge in [-0.2, -0.15) is 5.10 Å². The molecule has 0 saturated heterocycles. The minimum atomic E-state index is -4.00. The van der Waals surface area contributed by atoms with Gasteiger partial charge in [0, 0.05) is 10.0 Å². The molecule has 0 aliphatic rings. The van der Waals surface area contributed by atoms with Crippen LogP contribution < -0.4 is 9.73 Å². The first-order valence-electron chi connectivity index (χ1n) is 8.77. The second-order valence-corrected chi connectivity index (χ2v) is 8.88. The second kappa shape index (κ2) is 9.75. The maximum Gasteiger partial charge on any atom is 0.264 e. The zero-order valence-electron chi connectivity index (χ0n) is 15.6. The van der Waals surface area contributed by atoms with Gasteiger partial charge in [0.25, 0.3) is 15.9 Å². The summed E-state index contributed by atoms with van der Waals surface area (Å²) in [5, 5.41) is 4.87. The molecule has 0 atom stereocenters. The average Bonchev–Trinajstić information content (AvgIpc) is 2.74. The lowest BCUT2D eigenvalue weighted by molar-refractivity contribution is -0.119. The number of halogens is 2. The van der Waals surface area contributed by atoms with Crippen molar-refractivity contribution in [2.24, 2.45) is 5.10 Å². The van der Waals surface area contributed by atoms with E-state index >= 15 is 0 Å². The van der Waals surface area contributed by atoms with E-state index < -0.39 is 22.5 Å². The van der Waals surface area contributed by atoms with Crippen molar-refractivity contribution in [3.8, 4) is 0 Å². The number of rotatable bonds is 7. The van der Waals surface area contributed by atoms with Crippen LogP contribution in [0.15, 0.2) is 88.9 Å². The van der Waals surface area contributed by atoms with Gasteiger partial charge >= 0.3 is 0 Å². The van der Waals surface area contributed by atoms with Crippen LogP contribution in [0.5, 0.6) is 0 Å². The van der Waals surface area contributed by atoms with E-state index in [9.17, 15) is 13.2 Å². The first-order valence-corrected chi connectivity index (χ1v) is 11.0. The lowest BCUT2D eigenvalue weighted by Crippen LogP contribution is -2.39. The van der Waals surface area contributed by atoms with Gasteiger partial charge < -0.3 is 0 Å². The fourth-order valence-corrected chi connectivity index (χ4v) is 4.21. The Labute approximate surface area is 184 Å². The molecule has 0 unspecified atom stereocenters. The second-order valence-electron chi connectivity index (χ2n) is 6.15. The molecule has 0 aliphatic carbocycles. The van der Waals surface area contributed by atoms with Gasteiger partial charge in [0.15, 0.2) is 0 Å². The summed E-state index contributed by atoms with van der Waals surface area (Å²) in [5.41, 5.74) is 3.43. The maximum absolute atomic E-state index is 13.2. The molecule has 0 aromatic heterocycles. The van der Waals surface area contributed by atoms with Gasteiger partial charge in [-0.15, -0.1) is 0 Å². The molecule has 154 valence electrons. The van der Waals surface area contributed by atoms with Crippen molar-refractivity contribution >= 4 is 51.0 Å². The van der Waals surface area contributed by atoms with E-state index in [-0.39, 0.29) is 4.90 Å². The summed E-state index contributed by atoms with van der Waals surface area (Å²) in [6.45, 7) is -0.451. The molecule has 0 aliphatic heterocycles. The molecule has 0 fully saturated rings. The van der Waals surface area contributed by atoms with Crippen LogP contribution in [0.2, 0.25) is 10.0 Å². The number of hydrazone groups is 1. The number of nitrogens with one attached hydrogen (secondary N) is 1. The third-order valence-electron chi connectivity index (χ3n) is 4.01. The minimum absolute atomic E-state index is 0.0215. The van der Waals surface area contributed by atoms with Crippen LogP contribution in [-0.2, 0) is 14.8 Å². The van der Waals surface area contributed by atoms with E-state index in [4.69, 9.17) is 23.2 Å². The van der Waals surface area contributed by atoms with Crippen LogP contribution >= 0.6 is 23.2 Å². The van der Waals surface area contributed by atoms with E-state index in [0.29, 0.717) is 15.7 Å². The Balaban J connectivity index is 1.80. The zero-order chi connectivity index (χ0) is 21.6. The molecule has 6 nitrogen and oxygen atoms in total. The van der Waals surface area contributed by atoms with E-state index in [1.165, 1.54) is 30.5 Å². The van der Waals surface area contributed by atoms with Gasteiger partial charge in [-0.05, 0) is 54.1 Å². The third kappa shape index (κ3) is 5.60. The number of hydrogen-bond acceptors (Lipinski definition) is 4. The van der Waals surface area contributed by atoms with Gasteiger partial charge in [-0.1, -0.05) is 53.5 Å². The van der Waals surface area contributed by atoms with Gasteiger partial charge in [0.2, 0.25) is 0 Å². The Morgan fingerprint density at radius 1 is 0.900 bits per heavy atom. The molecule has 0 radical (unpaired) electrons. The number of anilines is 1. The highest BCUT2D eigenvalue weighted by molar-refractivity contribution is 7.92. The van der Waals surface area contributed by atoms with Gasteiger partial charge in [0.05, 0.1) is 16.8 Å². The molecule has 0 bridgehead atoms. The monoisotopic (exact) mass is 461 g/mol. The Bertz CT molecular complexity index is 1130. The molecule has 3 aromatic carbocycles. The highest BCUT2D eigenvalue weighted by Crippen LogP contribution is 2.24. The van der Waals surface area contributed by atoms with Crippen LogP contribution in [0, 0.1) is 0 Å². The number of sulfonamides is 1.